The van der Waals surface area contributed by atoms with Crippen LogP contribution in [0.4, 0.5) is 0 Å². The topological polar surface area (TPSA) is 37.3 Å². The highest BCUT2D eigenvalue weighted by molar-refractivity contribution is 5.86. The Balaban J connectivity index is 2.25. The summed E-state index contributed by atoms with van der Waals surface area (Å²) >= 11 is 0. The van der Waals surface area contributed by atoms with Crippen LogP contribution in [0.25, 0.3) is 0 Å². The molecule has 2 aliphatic carbocycles. The van der Waals surface area contributed by atoms with Gasteiger partial charge in [0.15, 0.2) is 0 Å². The number of hydrogen-bond acceptors (Lipinski definition) is 1. The lowest BCUT2D eigenvalue weighted by atomic mass is 9.63. The van der Waals surface area contributed by atoms with Crippen molar-refractivity contribution in [3.8, 4) is 0 Å². The molecule has 0 radical (unpaired) electrons. The van der Waals surface area contributed by atoms with E-state index in [1.54, 1.807) is 0 Å². The van der Waals surface area contributed by atoms with E-state index in [4.69, 9.17) is 5.11 Å². The minimum absolute atomic E-state index is 0.202. The Kier molecular flexibility index (Phi) is 3.15. The zero-order valence-corrected chi connectivity index (χ0v) is 10.8. The molecule has 0 amide bonds. The fourth-order valence-electron chi connectivity index (χ4n) is 3.81. The maximum Gasteiger partial charge on any atom is 0.331 e. The van der Waals surface area contributed by atoms with Crippen molar-refractivity contribution in [1.82, 2.24) is 0 Å². The van der Waals surface area contributed by atoms with E-state index in [9.17, 15) is 4.79 Å². The molecule has 0 unspecified atom stereocenters. The zero-order valence-electron chi connectivity index (χ0n) is 10.8. The maximum atomic E-state index is 11.0. The molecule has 94 valence electrons. The lowest BCUT2D eigenvalue weighted by Crippen LogP contribution is -2.32. The SMILES string of the molecule is C=C1CC[C@@H](C(C)C)[C@]12CC=C(C(=O)O)CC2. The normalized spacial score (nSPS) is 33.2. The van der Waals surface area contributed by atoms with Gasteiger partial charge in [0.1, 0.15) is 0 Å². The van der Waals surface area contributed by atoms with Crippen LogP contribution in [0.2, 0.25) is 0 Å². The maximum absolute atomic E-state index is 11.0. The standard InChI is InChI=1S/C15H22O2/c1-10(2)13-5-4-11(3)15(13)8-6-12(7-9-15)14(16)17/h6,10,13H,3-5,7-9H2,1-2H3,(H,16,17)/t13-,15-/m0/s1. The van der Waals surface area contributed by atoms with Gasteiger partial charge in [-0.25, -0.2) is 4.79 Å². The molecule has 2 nitrogen and oxygen atoms in total. The summed E-state index contributed by atoms with van der Waals surface area (Å²) in [5, 5.41) is 9.02. The fourth-order valence-corrected chi connectivity index (χ4v) is 3.81. The van der Waals surface area contributed by atoms with Gasteiger partial charge in [0.05, 0.1) is 0 Å². The van der Waals surface area contributed by atoms with Crippen LogP contribution in [-0.4, -0.2) is 11.1 Å². The van der Waals surface area contributed by atoms with E-state index in [0.29, 0.717) is 23.8 Å². The van der Waals surface area contributed by atoms with E-state index >= 15 is 0 Å². The molecule has 1 fully saturated rings. The van der Waals surface area contributed by atoms with Crippen LogP contribution in [-0.2, 0) is 4.79 Å². The average molecular weight is 234 g/mol. The van der Waals surface area contributed by atoms with Gasteiger partial charge in [-0.3, -0.25) is 0 Å². The van der Waals surface area contributed by atoms with Gasteiger partial charge >= 0.3 is 5.97 Å². The van der Waals surface area contributed by atoms with E-state index in [-0.39, 0.29) is 5.41 Å². The summed E-state index contributed by atoms with van der Waals surface area (Å²) in [5.41, 5.74) is 2.15. The Labute approximate surface area is 103 Å². The quantitative estimate of drug-likeness (QED) is 0.738. The van der Waals surface area contributed by atoms with Crippen LogP contribution in [0.1, 0.15) is 46.0 Å². The molecule has 0 saturated heterocycles. The number of carboxylic acid groups (broad SMARTS) is 1. The second-order valence-corrected chi connectivity index (χ2v) is 5.89. The number of rotatable bonds is 2. The van der Waals surface area contributed by atoms with E-state index in [2.05, 4.69) is 20.4 Å². The molecule has 0 heterocycles. The van der Waals surface area contributed by atoms with Crippen molar-refractivity contribution in [2.45, 2.75) is 46.0 Å². The predicted molar refractivity (Wildman–Crippen MR) is 68.7 cm³/mol. The molecule has 1 spiro atoms. The Morgan fingerprint density at radius 3 is 2.71 bits per heavy atom. The first-order valence-electron chi connectivity index (χ1n) is 6.58. The van der Waals surface area contributed by atoms with E-state index in [0.717, 1.165) is 19.3 Å². The van der Waals surface area contributed by atoms with Crippen molar-refractivity contribution in [2.24, 2.45) is 17.3 Å². The minimum Gasteiger partial charge on any atom is -0.478 e. The second kappa shape index (κ2) is 4.32. The molecule has 1 saturated carbocycles. The highest BCUT2D eigenvalue weighted by atomic mass is 16.4. The smallest absolute Gasteiger partial charge is 0.331 e. The molecule has 2 aliphatic rings. The number of hydrogen-bond donors (Lipinski definition) is 1. The monoisotopic (exact) mass is 234 g/mol. The first-order valence-corrected chi connectivity index (χ1v) is 6.58. The molecule has 2 atom stereocenters. The summed E-state index contributed by atoms with van der Waals surface area (Å²) in [4.78, 5) is 11.0. The highest BCUT2D eigenvalue weighted by Gasteiger charge is 2.47. The molecule has 0 aromatic heterocycles. The third-order valence-electron chi connectivity index (χ3n) is 4.80. The average Bonchev–Trinajstić information content (AvgIpc) is 2.57. The molecular formula is C15H22O2. The van der Waals surface area contributed by atoms with E-state index < -0.39 is 5.97 Å². The van der Waals surface area contributed by atoms with Crippen LogP contribution in [0.5, 0.6) is 0 Å². The third kappa shape index (κ3) is 1.94. The van der Waals surface area contributed by atoms with Gasteiger partial charge in [0.2, 0.25) is 0 Å². The number of carbonyl (C=O) groups is 1. The summed E-state index contributed by atoms with van der Waals surface area (Å²) in [7, 11) is 0. The molecule has 2 rings (SSSR count). The van der Waals surface area contributed by atoms with Crippen molar-refractivity contribution in [3.05, 3.63) is 23.8 Å². The molecule has 0 aromatic carbocycles. The molecular weight excluding hydrogens is 212 g/mol. The Hall–Kier alpha value is -1.05. The number of carboxylic acids is 1. The van der Waals surface area contributed by atoms with Gasteiger partial charge in [-0.15, -0.1) is 0 Å². The number of allylic oxidation sites excluding steroid dienone is 2. The molecule has 1 N–H and O–H groups in total. The van der Waals surface area contributed by atoms with Crippen LogP contribution < -0.4 is 0 Å². The van der Waals surface area contributed by atoms with Crippen molar-refractivity contribution in [3.63, 3.8) is 0 Å². The van der Waals surface area contributed by atoms with Crippen molar-refractivity contribution < 1.29 is 9.90 Å². The fraction of sp³-hybridized carbons (Fsp3) is 0.667. The first-order chi connectivity index (χ1) is 7.97. The van der Waals surface area contributed by atoms with Gasteiger partial charge in [-0.1, -0.05) is 32.1 Å². The summed E-state index contributed by atoms with van der Waals surface area (Å²) in [6.45, 7) is 8.82. The minimum atomic E-state index is -0.746. The first kappa shape index (κ1) is 12.4. The largest absolute Gasteiger partial charge is 0.478 e. The van der Waals surface area contributed by atoms with Gasteiger partial charge in [-0.05, 0) is 49.4 Å². The van der Waals surface area contributed by atoms with Crippen molar-refractivity contribution >= 4 is 5.97 Å². The summed E-state index contributed by atoms with van der Waals surface area (Å²) < 4.78 is 0. The highest BCUT2D eigenvalue weighted by Crippen LogP contribution is 2.57. The van der Waals surface area contributed by atoms with Gasteiger partial charge in [0, 0.05) is 5.57 Å². The summed E-state index contributed by atoms with van der Waals surface area (Å²) in [6.07, 6.45) is 6.87. The van der Waals surface area contributed by atoms with Crippen LogP contribution in [0.15, 0.2) is 23.8 Å². The van der Waals surface area contributed by atoms with Gasteiger partial charge < -0.3 is 5.11 Å². The van der Waals surface area contributed by atoms with E-state index in [1.807, 2.05) is 6.08 Å². The molecule has 0 aromatic rings. The third-order valence-corrected chi connectivity index (χ3v) is 4.80. The number of aliphatic carboxylic acids is 1. The summed E-state index contributed by atoms with van der Waals surface area (Å²) in [6, 6.07) is 0. The van der Waals surface area contributed by atoms with Crippen LogP contribution in [0.3, 0.4) is 0 Å². The Morgan fingerprint density at radius 1 is 1.53 bits per heavy atom. The predicted octanol–water partition coefficient (Wildman–Crippen LogP) is 3.79. The lowest BCUT2D eigenvalue weighted by molar-refractivity contribution is -0.133. The van der Waals surface area contributed by atoms with Gasteiger partial charge in [-0.2, -0.15) is 0 Å². The van der Waals surface area contributed by atoms with Crippen molar-refractivity contribution in [2.75, 3.05) is 0 Å². The van der Waals surface area contributed by atoms with Crippen molar-refractivity contribution in [1.29, 1.82) is 0 Å². The van der Waals surface area contributed by atoms with Crippen LogP contribution in [0, 0.1) is 17.3 Å². The summed E-state index contributed by atoms with van der Waals surface area (Å²) in [5.74, 6) is 0.597. The van der Waals surface area contributed by atoms with E-state index in [1.165, 1.54) is 12.0 Å². The molecule has 17 heavy (non-hydrogen) atoms. The molecule has 2 heteroatoms. The van der Waals surface area contributed by atoms with Crippen LogP contribution >= 0.6 is 0 Å². The second-order valence-electron chi connectivity index (χ2n) is 5.89. The Bertz CT molecular complexity index is 378. The molecule has 0 bridgehead atoms. The zero-order chi connectivity index (χ0) is 12.6. The Morgan fingerprint density at radius 2 is 2.24 bits per heavy atom. The molecule has 0 aliphatic heterocycles. The van der Waals surface area contributed by atoms with Gasteiger partial charge in [0.25, 0.3) is 0 Å². The lowest BCUT2D eigenvalue weighted by Gasteiger charge is -2.41.